The van der Waals surface area contributed by atoms with Crippen molar-refractivity contribution in [2.24, 2.45) is 0 Å². The molecule has 1 N–H and O–H groups in total. The summed E-state index contributed by atoms with van der Waals surface area (Å²) in [5.41, 5.74) is 1.89. The second-order valence-corrected chi connectivity index (χ2v) is 4.98. The van der Waals surface area contributed by atoms with Crippen LogP contribution in [0, 0.1) is 6.92 Å². The number of aryl methyl sites for hydroxylation is 1. The largest absolute Gasteiger partial charge is 0.495 e. The fourth-order valence-electron chi connectivity index (χ4n) is 1.79. The van der Waals surface area contributed by atoms with Crippen molar-refractivity contribution in [3.8, 4) is 5.75 Å². The molecule has 0 aliphatic carbocycles. The van der Waals surface area contributed by atoms with Gasteiger partial charge in [-0.1, -0.05) is 6.08 Å². The summed E-state index contributed by atoms with van der Waals surface area (Å²) in [6.07, 6.45) is 3.83. The Labute approximate surface area is 121 Å². The van der Waals surface area contributed by atoms with Crippen LogP contribution < -0.4 is 10.1 Å². The Balaban J connectivity index is 2.27. The van der Waals surface area contributed by atoms with Gasteiger partial charge in [0.15, 0.2) is 0 Å². The minimum Gasteiger partial charge on any atom is -0.495 e. The van der Waals surface area contributed by atoms with Gasteiger partial charge in [0.2, 0.25) is 5.95 Å². The van der Waals surface area contributed by atoms with E-state index >= 15 is 0 Å². The number of allylic oxidation sites excluding steroid dienone is 1. The molecule has 100 valence electrons. The van der Waals surface area contributed by atoms with Crippen LogP contribution in [0.2, 0.25) is 0 Å². The molecule has 1 aromatic heterocycles. The van der Waals surface area contributed by atoms with Crippen LogP contribution in [0.5, 0.6) is 5.75 Å². The first-order valence-corrected chi connectivity index (χ1v) is 6.68. The summed E-state index contributed by atoms with van der Waals surface area (Å²) in [6.45, 7) is 6.43. The topological polar surface area (TPSA) is 39.1 Å². The minimum atomic E-state index is 0.719. The van der Waals surface area contributed by atoms with Crippen molar-refractivity contribution in [2.45, 2.75) is 13.5 Å². The van der Waals surface area contributed by atoms with Gasteiger partial charge in [-0.25, -0.2) is 4.98 Å². The molecule has 0 saturated carbocycles. The maximum absolute atomic E-state index is 5.28. The fraction of sp³-hybridized carbons (Fsp3) is 0.214. The van der Waals surface area contributed by atoms with Gasteiger partial charge in [-0.05, 0) is 35.0 Å². The third-order valence-electron chi connectivity index (χ3n) is 2.63. The highest BCUT2D eigenvalue weighted by atomic mass is 79.9. The Morgan fingerprint density at radius 1 is 1.53 bits per heavy atom. The Hall–Kier alpha value is -1.75. The van der Waals surface area contributed by atoms with Gasteiger partial charge in [-0.2, -0.15) is 0 Å². The number of benzene rings is 1. The fourth-order valence-corrected chi connectivity index (χ4v) is 2.20. The molecule has 19 heavy (non-hydrogen) atoms. The molecule has 0 aliphatic heterocycles. The van der Waals surface area contributed by atoms with Crippen molar-refractivity contribution in [1.29, 1.82) is 0 Å². The smallest absolute Gasteiger partial charge is 0.207 e. The van der Waals surface area contributed by atoms with Gasteiger partial charge in [0.1, 0.15) is 5.75 Å². The van der Waals surface area contributed by atoms with Gasteiger partial charge in [0.05, 0.1) is 17.3 Å². The summed E-state index contributed by atoms with van der Waals surface area (Å²) in [5.74, 6) is 1.57. The van der Waals surface area contributed by atoms with E-state index in [-0.39, 0.29) is 0 Å². The summed E-state index contributed by atoms with van der Waals surface area (Å²) < 4.78 is 8.21. The lowest BCUT2D eigenvalue weighted by Gasteiger charge is -2.10. The van der Waals surface area contributed by atoms with Gasteiger partial charge in [0, 0.05) is 24.5 Å². The first-order valence-electron chi connectivity index (χ1n) is 5.89. The number of methoxy groups -OCH3 is 1. The van der Waals surface area contributed by atoms with Crippen LogP contribution in [-0.4, -0.2) is 16.7 Å². The predicted molar refractivity (Wildman–Crippen MR) is 81.1 cm³/mol. The van der Waals surface area contributed by atoms with Gasteiger partial charge in [-0.3, -0.25) is 0 Å². The molecule has 0 aliphatic rings. The molecule has 0 unspecified atom stereocenters. The number of aromatic nitrogens is 2. The molecule has 4 nitrogen and oxygen atoms in total. The first-order chi connectivity index (χ1) is 9.13. The lowest BCUT2D eigenvalue weighted by molar-refractivity contribution is 0.412. The predicted octanol–water partition coefficient (Wildman–Crippen LogP) is 3.89. The van der Waals surface area contributed by atoms with E-state index in [4.69, 9.17) is 4.74 Å². The summed E-state index contributed by atoms with van der Waals surface area (Å²) in [6, 6.07) is 5.83. The van der Waals surface area contributed by atoms with Crippen molar-refractivity contribution in [3.63, 3.8) is 0 Å². The highest BCUT2D eigenvalue weighted by Crippen LogP contribution is 2.29. The summed E-state index contributed by atoms with van der Waals surface area (Å²) in [5, 5.41) is 3.28. The third-order valence-corrected chi connectivity index (χ3v) is 3.29. The van der Waals surface area contributed by atoms with Crippen molar-refractivity contribution in [2.75, 3.05) is 12.4 Å². The number of rotatable bonds is 5. The van der Waals surface area contributed by atoms with E-state index in [0.717, 1.165) is 34.1 Å². The zero-order valence-corrected chi connectivity index (χ0v) is 12.6. The van der Waals surface area contributed by atoms with E-state index < -0.39 is 0 Å². The number of imidazole rings is 1. The number of hydrogen-bond donors (Lipinski definition) is 1. The van der Waals surface area contributed by atoms with Crippen molar-refractivity contribution < 1.29 is 4.74 Å². The first kappa shape index (κ1) is 13.7. The molecule has 1 heterocycles. The number of hydrogen-bond acceptors (Lipinski definition) is 3. The van der Waals surface area contributed by atoms with Crippen LogP contribution in [0.1, 0.15) is 5.69 Å². The van der Waals surface area contributed by atoms with Crippen LogP contribution in [0.4, 0.5) is 11.6 Å². The molecule has 0 atom stereocenters. The lowest BCUT2D eigenvalue weighted by Crippen LogP contribution is -2.02. The lowest BCUT2D eigenvalue weighted by atomic mass is 10.3. The molecule has 0 bridgehead atoms. The number of nitrogens with zero attached hydrogens (tertiary/aromatic N) is 2. The molecule has 2 rings (SSSR count). The maximum Gasteiger partial charge on any atom is 0.207 e. The Kier molecular flexibility index (Phi) is 4.27. The number of halogens is 1. The number of ether oxygens (including phenoxy) is 1. The molecular weight excluding hydrogens is 306 g/mol. The molecule has 0 amide bonds. The Morgan fingerprint density at radius 2 is 2.32 bits per heavy atom. The van der Waals surface area contributed by atoms with E-state index in [2.05, 4.69) is 32.8 Å². The van der Waals surface area contributed by atoms with E-state index in [9.17, 15) is 0 Å². The van der Waals surface area contributed by atoms with Gasteiger partial charge >= 0.3 is 0 Å². The molecule has 0 fully saturated rings. The van der Waals surface area contributed by atoms with Crippen molar-refractivity contribution in [3.05, 3.63) is 47.2 Å². The summed E-state index contributed by atoms with van der Waals surface area (Å²) in [4.78, 5) is 4.45. The maximum atomic E-state index is 5.28. The second-order valence-electron chi connectivity index (χ2n) is 4.12. The van der Waals surface area contributed by atoms with Crippen LogP contribution in [-0.2, 0) is 6.54 Å². The average Bonchev–Trinajstić information content (AvgIpc) is 2.72. The minimum absolute atomic E-state index is 0.719. The highest BCUT2D eigenvalue weighted by Gasteiger charge is 2.07. The molecule has 0 saturated heterocycles. The van der Waals surface area contributed by atoms with E-state index in [1.165, 1.54) is 0 Å². The molecule has 0 spiro atoms. The average molecular weight is 322 g/mol. The molecule has 2 aromatic rings. The monoisotopic (exact) mass is 321 g/mol. The quantitative estimate of drug-likeness (QED) is 0.849. The van der Waals surface area contributed by atoms with E-state index in [0.29, 0.717) is 0 Å². The Bertz CT molecular complexity index is 592. The van der Waals surface area contributed by atoms with Crippen LogP contribution in [0.25, 0.3) is 0 Å². The van der Waals surface area contributed by atoms with Crippen LogP contribution >= 0.6 is 15.9 Å². The number of nitrogens with one attached hydrogen (secondary N) is 1. The SMILES string of the molecule is C=CCn1cc(C)nc1Nc1ccc(Br)c(OC)c1. The summed E-state index contributed by atoms with van der Waals surface area (Å²) >= 11 is 3.43. The van der Waals surface area contributed by atoms with Gasteiger partial charge < -0.3 is 14.6 Å². The normalized spacial score (nSPS) is 10.3. The molecule has 5 heteroatoms. The zero-order chi connectivity index (χ0) is 13.8. The molecule has 0 radical (unpaired) electrons. The van der Waals surface area contributed by atoms with Crippen LogP contribution in [0.3, 0.4) is 0 Å². The van der Waals surface area contributed by atoms with Crippen molar-refractivity contribution >= 4 is 27.6 Å². The van der Waals surface area contributed by atoms with Gasteiger partial charge in [0.25, 0.3) is 0 Å². The highest BCUT2D eigenvalue weighted by molar-refractivity contribution is 9.10. The second kappa shape index (κ2) is 5.93. The van der Waals surface area contributed by atoms with Gasteiger partial charge in [-0.15, -0.1) is 6.58 Å². The van der Waals surface area contributed by atoms with Crippen molar-refractivity contribution in [1.82, 2.24) is 9.55 Å². The van der Waals surface area contributed by atoms with E-state index in [1.807, 2.05) is 42.0 Å². The van der Waals surface area contributed by atoms with E-state index in [1.54, 1.807) is 7.11 Å². The standard InChI is InChI=1S/C14H16BrN3O/c1-4-7-18-9-10(2)16-14(18)17-11-5-6-12(15)13(8-11)19-3/h4-6,8-9H,1,7H2,2-3H3,(H,16,17). The summed E-state index contributed by atoms with van der Waals surface area (Å²) in [7, 11) is 1.65. The third kappa shape index (κ3) is 3.17. The molecular formula is C14H16BrN3O. The Morgan fingerprint density at radius 3 is 3.00 bits per heavy atom. The molecule has 1 aromatic carbocycles. The van der Waals surface area contributed by atoms with Crippen LogP contribution in [0.15, 0.2) is 41.5 Å². The number of anilines is 2. The zero-order valence-electron chi connectivity index (χ0n) is 11.0.